The quantitative estimate of drug-likeness (QED) is 0.647. The molecule has 154 valence electrons. The number of nitrogens with zero attached hydrogens (tertiary/aromatic N) is 3. The van der Waals surface area contributed by atoms with Crippen LogP contribution < -0.4 is 0 Å². The summed E-state index contributed by atoms with van der Waals surface area (Å²) < 4.78 is 19.5. The molecule has 0 radical (unpaired) electrons. The molecule has 1 amide bonds. The first-order chi connectivity index (χ1) is 14.7. The van der Waals surface area contributed by atoms with Gasteiger partial charge in [-0.1, -0.05) is 47.6 Å². The van der Waals surface area contributed by atoms with Gasteiger partial charge in [-0.3, -0.25) is 9.69 Å². The largest absolute Gasteiger partial charge is 0.356 e. The van der Waals surface area contributed by atoms with E-state index in [1.54, 1.807) is 24.3 Å². The van der Waals surface area contributed by atoms with Gasteiger partial charge in [-0.25, -0.2) is 4.39 Å². The minimum absolute atomic E-state index is 0.121. The third kappa shape index (κ3) is 3.52. The number of carbonyl (C=O) groups excluding carboxylic acids is 1. The third-order valence-electron chi connectivity index (χ3n) is 6.21. The maximum Gasteiger partial charge on any atom is 0.235 e. The van der Waals surface area contributed by atoms with Crippen molar-refractivity contribution in [3.63, 3.8) is 0 Å². The predicted octanol–water partition coefficient (Wildman–Crippen LogP) is 3.86. The number of piperazine rings is 1. The Morgan fingerprint density at radius 2 is 1.70 bits per heavy atom. The molecular weight excluding hydrogens is 381 g/mol. The van der Waals surface area contributed by atoms with Gasteiger partial charge in [-0.15, -0.1) is 0 Å². The van der Waals surface area contributed by atoms with E-state index in [2.05, 4.69) is 34.3 Å². The molecule has 5 nitrogen and oxygen atoms in total. The van der Waals surface area contributed by atoms with Crippen molar-refractivity contribution in [3.8, 4) is 11.3 Å². The number of hydrogen-bond donors (Lipinski definition) is 0. The number of benzene rings is 2. The Hall–Kier alpha value is -2.99. The van der Waals surface area contributed by atoms with Gasteiger partial charge >= 0.3 is 0 Å². The van der Waals surface area contributed by atoms with E-state index in [9.17, 15) is 9.18 Å². The van der Waals surface area contributed by atoms with Gasteiger partial charge in [-0.05, 0) is 30.5 Å². The Morgan fingerprint density at radius 1 is 1.00 bits per heavy atom. The highest BCUT2D eigenvalue weighted by Gasteiger charge is 2.55. The van der Waals surface area contributed by atoms with E-state index in [4.69, 9.17) is 4.52 Å². The van der Waals surface area contributed by atoms with Crippen LogP contribution >= 0.6 is 0 Å². The van der Waals surface area contributed by atoms with Gasteiger partial charge < -0.3 is 9.42 Å². The van der Waals surface area contributed by atoms with Gasteiger partial charge in [0.15, 0.2) is 5.76 Å². The van der Waals surface area contributed by atoms with E-state index in [0.717, 1.165) is 32.5 Å². The first-order valence-corrected chi connectivity index (χ1v) is 10.4. The van der Waals surface area contributed by atoms with Crippen molar-refractivity contribution in [2.45, 2.75) is 24.8 Å². The summed E-state index contributed by atoms with van der Waals surface area (Å²) in [5.41, 5.74) is 1.68. The molecule has 2 fully saturated rings. The number of carbonyl (C=O) groups is 1. The van der Waals surface area contributed by atoms with Crippen LogP contribution in [-0.2, 0) is 16.8 Å². The zero-order valence-electron chi connectivity index (χ0n) is 16.8. The fraction of sp³-hybridized carbons (Fsp3) is 0.333. The van der Waals surface area contributed by atoms with E-state index in [1.807, 2.05) is 11.0 Å². The molecule has 2 aromatic carbocycles. The Morgan fingerprint density at radius 3 is 2.40 bits per heavy atom. The van der Waals surface area contributed by atoms with Crippen LogP contribution in [0.2, 0.25) is 0 Å². The van der Waals surface area contributed by atoms with Crippen LogP contribution in [-0.4, -0.2) is 47.0 Å². The number of hydrogen-bond acceptors (Lipinski definition) is 4. The lowest BCUT2D eigenvalue weighted by Crippen LogP contribution is -2.51. The molecule has 1 aromatic heterocycles. The van der Waals surface area contributed by atoms with Gasteiger partial charge in [0, 0.05) is 38.8 Å². The molecule has 2 aliphatic rings. The second-order valence-corrected chi connectivity index (χ2v) is 8.19. The average Bonchev–Trinajstić information content (AvgIpc) is 3.45. The van der Waals surface area contributed by atoms with Gasteiger partial charge in [0.1, 0.15) is 5.82 Å². The fourth-order valence-electron chi connectivity index (χ4n) is 4.25. The highest BCUT2D eigenvalue weighted by atomic mass is 19.1. The standard InChI is InChI=1S/C24H24FN3O2/c25-20-9-5-4-8-19(20)21-16-22(26-30-21)24(10-11-24)23(29)28-14-12-27(13-15-28)17-18-6-2-1-3-7-18/h1-9,16H,10-15,17H2. The summed E-state index contributed by atoms with van der Waals surface area (Å²) in [4.78, 5) is 17.6. The summed E-state index contributed by atoms with van der Waals surface area (Å²) in [5, 5.41) is 4.15. The third-order valence-corrected chi connectivity index (χ3v) is 6.21. The summed E-state index contributed by atoms with van der Waals surface area (Å²) in [6.45, 7) is 4.05. The molecular formula is C24H24FN3O2. The summed E-state index contributed by atoms with van der Waals surface area (Å²) in [6, 6.07) is 18.6. The normalized spacial score (nSPS) is 18.4. The van der Waals surface area contributed by atoms with Gasteiger partial charge in [0.05, 0.1) is 16.7 Å². The number of rotatable bonds is 5. The summed E-state index contributed by atoms with van der Waals surface area (Å²) in [5.74, 6) is 0.135. The Labute approximate surface area is 175 Å². The predicted molar refractivity (Wildman–Crippen MR) is 111 cm³/mol. The second kappa shape index (κ2) is 7.69. The van der Waals surface area contributed by atoms with Crippen LogP contribution in [0.1, 0.15) is 24.1 Å². The lowest BCUT2D eigenvalue weighted by Gasteiger charge is -2.36. The van der Waals surface area contributed by atoms with E-state index in [1.165, 1.54) is 11.6 Å². The zero-order valence-corrected chi connectivity index (χ0v) is 16.8. The molecule has 1 saturated carbocycles. The van der Waals surface area contributed by atoms with Crippen molar-refractivity contribution < 1.29 is 13.7 Å². The van der Waals surface area contributed by atoms with Crippen molar-refractivity contribution in [1.29, 1.82) is 0 Å². The summed E-state index contributed by atoms with van der Waals surface area (Å²) >= 11 is 0. The molecule has 6 heteroatoms. The number of halogens is 1. The van der Waals surface area contributed by atoms with Gasteiger partial charge in [-0.2, -0.15) is 0 Å². The number of aromatic nitrogens is 1. The van der Waals surface area contributed by atoms with Crippen LogP contribution in [0.15, 0.2) is 65.2 Å². The van der Waals surface area contributed by atoms with Crippen molar-refractivity contribution in [2.75, 3.05) is 26.2 Å². The van der Waals surface area contributed by atoms with Crippen LogP contribution in [0.3, 0.4) is 0 Å². The van der Waals surface area contributed by atoms with Crippen molar-refractivity contribution in [2.24, 2.45) is 0 Å². The highest BCUT2D eigenvalue weighted by molar-refractivity contribution is 5.91. The molecule has 0 spiro atoms. The van der Waals surface area contributed by atoms with E-state index in [-0.39, 0.29) is 11.7 Å². The first-order valence-electron chi connectivity index (χ1n) is 10.4. The SMILES string of the molecule is O=C(N1CCN(Cc2ccccc2)CC1)C1(c2cc(-c3ccccc3F)on2)CC1. The smallest absolute Gasteiger partial charge is 0.235 e. The first kappa shape index (κ1) is 19.0. The monoisotopic (exact) mass is 405 g/mol. The molecule has 0 N–H and O–H groups in total. The lowest BCUT2D eigenvalue weighted by atomic mass is 9.99. The summed E-state index contributed by atoms with van der Waals surface area (Å²) in [7, 11) is 0. The lowest BCUT2D eigenvalue weighted by molar-refractivity contribution is -0.136. The minimum atomic E-state index is -0.603. The molecule has 3 aromatic rings. The van der Waals surface area contributed by atoms with E-state index >= 15 is 0 Å². The van der Waals surface area contributed by atoms with Crippen LogP contribution in [0.5, 0.6) is 0 Å². The van der Waals surface area contributed by atoms with Crippen molar-refractivity contribution in [3.05, 3.63) is 77.7 Å². The van der Waals surface area contributed by atoms with Crippen molar-refractivity contribution >= 4 is 5.91 Å². The van der Waals surface area contributed by atoms with Crippen LogP contribution in [0.25, 0.3) is 11.3 Å². The molecule has 1 saturated heterocycles. The number of amides is 1. The van der Waals surface area contributed by atoms with Crippen LogP contribution in [0.4, 0.5) is 4.39 Å². The Balaban J connectivity index is 1.25. The average molecular weight is 405 g/mol. The Bertz CT molecular complexity index is 1040. The molecule has 30 heavy (non-hydrogen) atoms. The molecule has 0 bridgehead atoms. The van der Waals surface area contributed by atoms with E-state index in [0.29, 0.717) is 30.1 Å². The second-order valence-electron chi connectivity index (χ2n) is 8.19. The van der Waals surface area contributed by atoms with Gasteiger partial charge in [0.2, 0.25) is 5.91 Å². The maximum absolute atomic E-state index is 14.1. The fourth-order valence-corrected chi connectivity index (χ4v) is 4.25. The summed E-state index contributed by atoms with van der Waals surface area (Å²) in [6.07, 6.45) is 1.53. The van der Waals surface area contributed by atoms with Crippen LogP contribution in [0, 0.1) is 5.82 Å². The molecule has 1 aliphatic heterocycles. The minimum Gasteiger partial charge on any atom is -0.356 e. The zero-order chi connectivity index (χ0) is 20.6. The Kier molecular flexibility index (Phi) is 4.87. The van der Waals surface area contributed by atoms with Crippen molar-refractivity contribution in [1.82, 2.24) is 15.0 Å². The highest BCUT2D eigenvalue weighted by Crippen LogP contribution is 2.50. The van der Waals surface area contributed by atoms with Gasteiger partial charge in [0.25, 0.3) is 0 Å². The topological polar surface area (TPSA) is 49.6 Å². The molecule has 2 heterocycles. The van der Waals surface area contributed by atoms with E-state index < -0.39 is 5.41 Å². The maximum atomic E-state index is 14.1. The molecule has 5 rings (SSSR count). The molecule has 1 aliphatic carbocycles. The molecule has 0 unspecified atom stereocenters. The molecule has 0 atom stereocenters.